The molecular weight excluding hydrogens is 272 g/mol. The highest BCUT2D eigenvalue weighted by Crippen LogP contribution is 2.29. The number of rotatable bonds is 3. The number of thiophene rings is 1. The van der Waals surface area contributed by atoms with Crippen LogP contribution in [0.15, 0.2) is 15.7 Å². The molecule has 102 valence electrons. The van der Waals surface area contributed by atoms with Crippen LogP contribution in [-0.4, -0.2) is 37.0 Å². The molecule has 18 heavy (non-hydrogen) atoms. The van der Waals surface area contributed by atoms with Gasteiger partial charge < -0.3 is 10.8 Å². The lowest BCUT2D eigenvalue weighted by atomic mass is 10.1. The lowest BCUT2D eigenvalue weighted by Crippen LogP contribution is -2.41. The molecule has 2 heterocycles. The average Bonchev–Trinajstić information content (AvgIpc) is 2.65. The molecule has 7 heteroatoms. The zero-order valence-corrected chi connectivity index (χ0v) is 11.7. The number of nitrogens with zero attached hydrogens (tertiary/aromatic N) is 1. The molecule has 1 aliphatic heterocycles. The van der Waals surface area contributed by atoms with Crippen molar-refractivity contribution in [2.45, 2.75) is 35.9 Å². The molecular formula is C11H18N2O3S2. The fourth-order valence-corrected chi connectivity index (χ4v) is 5.12. The van der Waals surface area contributed by atoms with E-state index in [2.05, 4.69) is 0 Å². The summed E-state index contributed by atoms with van der Waals surface area (Å²) in [5.74, 6) is 0. The van der Waals surface area contributed by atoms with Crippen LogP contribution < -0.4 is 5.73 Å². The van der Waals surface area contributed by atoms with Crippen molar-refractivity contribution in [3.8, 4) is 0 Å². The highest BCUT2D eigenvalue weighted by atomic mass is 32.2. The molecule has 1 unspecified atom stereocenters. The van der Waals surface area contributed by atoms with Crippen molar-refractivity contribution in [3.05, 3.63) is 11.4 Å². The molecule has 1 atom stereocenters. The maximum absolute atomic E-state index is 12.5. The van der Waals surface area contributed by atoms with Crippen molar-refractivity contribution >= 4 is 27.0 Å². The minimum Gasteiger partial charge on any atom is -0.398 e. The Balaban J connectivity index is 2.32. The Labute approximate surface area is 111 Å². The lowest BCUT2D eigenvalue weighted by Gasteiger charge is -2.26. The summed E-state index contributed by atoms with van der Waals surface area (Å²) in [5, 5.41) is 11.0. The van der Waals surface area contributed by atoms with Gasteiger partial charge in [0.05, 0.1) is 6.61 Å². The summed E-state index contributed by atoms with van der Waals surface area (Å²) in [7, 11) is -3.51. The first-order valence-electron chi connectivity index (χ1n) is 6.02. The van der Waals surface area contributed by atoms with E-state index in [4.69, 9.17) is 5.73 Å². The Morgan fingerprint density at radius 1 is 1.44 bits per heavy atom. The number of nitrogens with two attached hydrogens (primary N) is 1. The quantitative estimate of drug-likeness (QED) is 0.877. The van der Waals surface area contributed by atoms with Crippen molar-refractivity contribution in [1.82, 2.24) is 4.31 Å². The van der Waals surface area contributed by atoms with Crippen LogP contribution in [0.25, 0.3) is 0 Å². The van der Waals surface area contributed by atoms with Crippen LogP contribution in [-0.2, 0) is 10.0 Å². The van der Waals surface area contributed by atoms with Crippen LogP contribution in [0.3, 0.4) is 0 Å². The van der Waals surface area contributed by atoms with E-state index in [0.717, 1.165) is 37.0 Å². The topological polar surface area (TPSA) is 83.6 Å². The van der Waals surface area contributed by atoms with Crippen molar-refractivity contribution in [1.29, 1.82) is 0 Å². The van der Waals surface area contributed by atoms with Crippen LogP contribution in [0, 0.1) is 0 Å². The molecule has 1 aromatic heterocycles. The van der Waals surface area contributed by atoms with E-state index in [9.17, 15) is 13.5 Å². The maximum Gasteiger partial charge on any atom is 0.252 e. The van der Waals surface area contributed by atoms with E-state index in [-0.39, 0.29) is 16.9 Å². The Kier molecular flexibility index (Phi) is 4.26. The molecule has 0 radical (unpaired) electrons. The third kappa shape index (κ3) is 2.69. The van der Waals surface area contributed by atoms with Crippen LogP contribution in [0.1, 0.15) is 25.7 Å². The summed E-state index contributed by atoms with van der Waals surface area (Å²) in [5.41, 5.74) is 6.05. The molecule has 0 saturated carbocycles. The monoisotopic (exact) mass is 290 g/mol. The van der Waals surface area contributed by atoms with Crippen molar-refractivity contribution in [2.24, 2.45) is 0 Å². The van der Waals surface area contributed by atoms with Crippen LogP contribution in [0.2, 0.25) is 0 Å². The molecule has 1 aromatic rings. The Morgan fingerprint density at radius 3 is 2.83 bits per heavy atom. The van der Waals surface area contributed by atoms with E-state index in [1.165, 1.54) is 10.4 Å². The summed E-state index contributed by atoms with van der Waals surface area (Å²) in [4.78, 5) is 0. The maximum atomic E-state index is 12.5. The molecule has 3 N–H and O–H groups in total. The Hall–Kier alpha value is -0.630. The Morgan fingerprint density at radius 2 is 2.22 bits per heavy atom. The minimum absolute atomic E-state index is 0.125. The third-order valence-electron chi connectivity index (χ3n) is 3.19. The van der Waals surface area contributed by atoms with Crippen molar-refractivity contribution in [2.75, 3.05) is 18.9 Å². The minimum atomic E-state index is -3.51. The number of hydrogen-bond donors (Lipinski definition) is 2. The largest absolute Gasteiger partial charge is 0.398 e. The first-order chi connectivity index (χ1) is 8.55. The van der Waals surface area contributed by atoms with Gasteiger partial charge in [-0.2, -0.15) is 4.31 Å². The van der Waals surface area contributed by atoms with Crippen molar-refractivity contribution in [3.63, 3.8) is 0 Å². The molecule has 1 fully saturated rings. The van der Waals surface area contributed by atoms with Crippen LogP contribution in [0.5, 0.6) is 0 Å². The second-order valence-electron chi connectivity index (χ2n) is 4.50. The second-order valence-corrected chi connectivity index (χ2v) is 7.53. The van der Waals surface area contributed by atoms with Gasteiger partial charge in [-0.1, -0.05) is 12.8 Å². The smallest absolute Gasteiger partial charge is 0.252 e. The summed E-state index contributed by atoms with van der Waals surface area (Å²) in [6.07, 6.45) is 3.53. The standard InChI is InChI=1S/C11H18N2O3S2/c12-9-6-11(17-8-9)18(15,16)13-5-3-1-2-4-10(13)7-14/h6,8,10,14H,1-5,7,12H2. The molecule has 0 bridgehead atoms. The number of anilines is 1. The van der Waals surface area contributed by atoms with Crippen LogP contribution >= 0.6 is 11.3 Å². The first-order valence-corrected chi connectivity index (χ1v) is 8.34. The fraction of sp³-hybridized carbons (Fsp3) is 0.636. The molecule has 1 saturated heterocycles. The van der Waals surface area contributed by atoms with Gasteiger partial charge in [-0.15, -0.1) is 11.3 Å². The second kappa shape index (κ2) is 5.56. The summed E-state index contributed by atoms with van der Waals surface area (Å²) < 4.78 is 26.7. The third-order valence-corrected chi connectivity index (χ3v) is 6.58. The number of aliphatic hydroxyl groups excluding tert-OH is 1. The normalized spacial score (nSPS) is 22.8. The summed E-state index contributed by atoms with van der Waals surface area (Å²) in [6, 6.07) is 1.18. The van der Waals surface area contributed by atoms with Gasteiger partial charge in [0.2, 0.25) is 0 Å². The SMILES string of the molecule is Nc1csc(S(=O)(=O)N2CCCCCC2CO)c1. The molecule has 0 aromatic carbocycles. The number of sulfonamides is 1. The predicted molar refractivity (Wildman–Crippen MR) is 72.0 cm³/mol. The molecule has 2 rings (SSSR count). The zero-order valence-electron chi connectivity index (χ0n) is 10.1. The molecule has 1 aliphatic rings. The van der Waals surface area contributed by atoms with Gasteiger partial charge in [-0.05, 0) is 18.9 Å². The van der Waals surface area contributed by atoms with Gasteiger partial charge in [0, 0.05) is 23.7 Å². The molecule has 0 amide bonds. The van der Waals surface area contributed by atoms with Gasteiger partial charge in [-0.25, -0.2) is 8.42 Å². The Bertz CT molecular complexity index is 498. The summed E-state index contributed by atoms with van der Waals surface area (Å²) in [6.45, 7) is 0.353. The highest BCUT2D eigenvalue weighted by molar-refractivity contribution is 7.91. The molecule has 5 nitrogen and oxygen atoms in total. The van der Waals surface area contributed by atoms with E-state index < -0.39 is 10.0 Å². The van der Waals surface area contributed by atoms with Gasteiger partial charge >= 0.3 is 0 Å². The lowest BCUT2D eigenvalue weighted by molar-refractivity contribution is 0.186. The fourth-order valence-electron chi connectivity index (χ4n) is 2.23. The first kappa shape index (κ1) is 13.8. The number of nitrogen functional groups attached to an aromatic ring is 1. The highest BCUT2D eigenvalue weighted by Gasteiger charge is 2.32. The van der Waals surface area contributed by atoms with E-state index in [0.29, 0.717) is 12.2 Å². The average molecular weight is 290 g/mol. The van der Waals surface area contributed by atoms with Crippen molar-refractivity contribution < 1.29 is 13.5 Å². The number of aliphatic hydroxyl groups is 1. The number of hydrogen-bond acceptors (Lipinski definition) is 5. The van der Waals surface area contributed by atoms with Gasteiger partial charge in [0.1, 0.15) is 4.21 Å². The van der Waals surface area contributed by atoms with E-state index >= 15 is 0 Å². The van der Waals surface area contributed by atoms with Gasteiger partial charge in [0.25, 0.3) is 10.0 Å². The van der Waals surface area contributed by atoms with Gasteiger partial charge in [0.15, 0.2) is 0 Å². The van der Waals surface area contributed by atoms with E-state index in [1.807, 2.05) is 0 Å². The zero-order chi connectivity index (χ0) is 13.2. The summed E-state index contributed by atoms with van der Waals surface area (Å²) >= 11 is 1.13. The van der Waals surface area contributed by atoms with Crippen LogP contribution in [0.4, 0.5) is 5.69 Å². The molecule has 0 aliphatic carbocycles. The predicted octanol–water partition coefficient (Wildman–Crippen LogP) is 1.26. The van der Waals surface area contributed by atoms with E-state index in [1.54, 1.807) is 5.38 Å². The molecule has 0 spiro atoms. The van der Waals surface area contributed by atoms with Gasteiger partial charge in [-0.3, -0.25) is 0 Å².